The highest BCUT2D eigenvalue weighted by Gasteiger charge is 2.35. The number of carbonyl (C=O) groups excluding carboxylic acids is 2. The van der Waals surface area contributed by atoms with Crippen molar-refractivity contribution in [3.8, 4) is 0 Å². The van der Waals surface area contributed by atoms with E-state index in [1.807, 2.05) is 0 Å². The lowest BCUT2D eigenvalue weighted by Crippen LogP contribution is -2.40. The zero-order chi connectivity index (χ0) is 24.6. The number of anilines is 1. The number of fused-ring (bicyclic) bond motifs is 3. The van der Waals surface area contributed by atoms with E-state index < -0.39 is 35.7 Å². The van der Waals surface area contributed by atoms with Gasteiger partial charge in [0.1, 0.15) is 16.5 Å². The molecular weight excluding hydrogens is 480 g/mol. The molecule has 0 aliphatic carbocycles. The maximum atomic E-state index is 14.2. The van der Waals surface area contributed by atoms with Gasteiger partial charge in [-0.3, -0.25) is 9.48 Å². The van der Waals surface area contributed by atoms with E-state index in [2.05, 4.69) is 15.7 Å². The predicted octanol–water partition coefficient (Wildman–Crippen LogP) is 2.96. The molecule has 1 aromatic carbocycles. The predicted molar refractivity (Wildman–Crippen MR) is 116 cm³/mol. The lowest BCUT2D eigenvalue weighted by Gasteiger charge is -2.27. The number of carbonyl (C=O) groups is 2. The number of urea groups is 1. The second kappa shape index (κ2) is 9.79. The third-order valence-electron chi connectivity index (χ3n) is 5.91. The Bertz CT molecular complexity index is 1110. The molecule has 2 aliphatic rings. The summed E-state index contributed by atoms with van der Waals surface area (Å²) in [6, 6.07) is 1.40. The highest BCUT2D eigenvalue weighted by atomic mass is 35.5. The molecule has 2 N–H and O–H groups in total. The number of amides is 3. The fraction of sp³-hybridized carbons (Fsp3) is 0.476. The molecule has 0 fully saturated rings. The number of hydrogen-bond donors (Lipinski definition) is 2. The standard InChI is InChI=1S/C21H23ClF4N6O2/c1-30-8-11(6-27-7-16(24)25)9-32-19(20(30)33)12-10-31(5-4-14(12)29-32)21(34)28-15-3-2-13(23)17(22)18(15)26/h2-3,11,16,27H,4-10H2,1H3,(H,28,34). The average molecular weight is 503 g/mol. The van der Waals surface area contributed by atoms with E-state index in [1.165, 1.54) is 9.80 Å². The SMILES string of the molecule is CN1CC(CNCC(F)F)Cn2nc3c(c2C1=O)CN(C(=O)Nc1ccc(F)c(Cl)c1F)CC3. The molecule has 1 atom stereocenters. The van der Waals surface area contributed by atoms with E-state index in [0.29, 0.717) is 43.0 Å². The Labute approximate surface area is 197 Å². The van der Waals surface area contributed by atoms with Crippen molar-refractivity contribution in [1.82, 2.24) is 24.9 Å². The van der Waals surface area contributed by atoms with Crippen LogP contribution in [0.3, 0.4) is 0 Å². The van der Waals surface area contributed by atoms with Gasteiger partial charge in [0.05, 0.1) is 24.5 Å². The van der Waals surface area contributed by atoms with Crippen LogP contribution >= 0.6 is 11.6 Å². The number of aromatic nitrogens is 2. The van der Waals surface area contributed by atoms with Crippen molar-refractivity contribution in [2.45, 2.75) is 25.9 Å². The van der Waals surface area contributed by atoms with Crippen LogP contribution in [0.1, 0.15) is 21.7 Å². The Hall–Kier alpha value is -2.86. The van der Waals surface area contributed by atoms with Gasteiger partial charge in [-0.05, 0) is 12.1 Å². The zero-order valence-electron chi connectivity index (χ0n) is 18.3. The van der Waals surface area contributed by atoms with Crippen LogP contribution in [0.4, 0.5) is 28.0 Å². The number of rotatable bonds is 5. The number of nitrogens with one attached hydrogen (secondary N) is 2. The molecule has 3 amide bonds. The van der Waals surface area contributed by atoms with Crippen molar-refractivity contribution in [2.75, 3.05) is 38.5 Å². The minimum absolute atomic E-state index is 0.0704. The van der Waals surface area contributed by atoms with Gasteiger partial charge in [-0.1, -0.05) is 11.6 Å². The first kappa shape index (κ1) is 24.3. The molecule has 1 aromatic heterocycles. The van der Waals surface area contributed by atoms with Crippen LogP contribution in [0, 0.1) is 17.6 Å². The van der Waals surface area contributed by atoms with Crippen molar-refractivity contribution in [1.29, 1.82) is 0 Å². The van der Waals surface area contributed by atoms with Gasteiger partial charge < -0.3 is 20.4 Å². The third-order valence-corrected chi connectivity index (χ3v) is 6.26. The van der Waals surface area contributed by atoms with Gasteiger partial charge in [-0.2, -0.15) is 5.10 Å². The highest BCUT2D eigenvalue weighted by Crippen LogP contribution is 2.28. The summed E-state index contributed by atoms with van der Waals surface area (Å²) >= 11 is 5.58. The largest absolute Gasteiger partial charge is 0.340 e. The van der Waals surface area contributed by atoms with Crippen molar-refractivity contribution in [3.05, 3.63) is 45.7 Å². The summed E-state index contributed by atoms with van der Waals surface area (Å²) in [4.78, 5) is 28.8. The summed E-state index contributed by atoms with van der Waals surface area (Å²) < 4.78 is 54.1. The summed E-state index contributed by atoms with van der Waals surface area (Å²) in [5.74, 6) is -2.41. The van der Waals surface area contributed by atoms with Gasteiger partial charge >= 0.3 is 6.03 Å². The Morgan fingerprint density at radius 1 is 1.29 bits per heavy atom. The Morgan fingerprint density at radius 2 is 2.06 bits per heavy atom. The van der Waals surface area contributed by atoms with Gasteiger partial charge in [0.2, 0.25) is 0 Å². The maximum Gasteiger partial charge on any atom is 0.322 e. The molecule has 2 aliphatic heterocycles. The molecule has 8 nitrogen and oxygen atoms in total. The van der Waals surface area contributed by atoms with Crippen molar-refractivity contribution in [2.24, 2.45) is 5.92 Å². The van der Waals surface area contributed by atoms with E-state index in [1.54, 1.807) is 11.7 Å². The molecule has 0 radical (unpaired) electrons. The number of halogens is 5. The van der Waals surface area contributed by atoms with E-state index in [-0.39, 0.29) is 30.6 Å². The first-order valence-corrected chi connectivity index (χ1v) is 11.1. The van der Waals surface area contributed by atoms with E-state index in [9.17, 15) is 27.2 Å². The Kier molecular flexibility index (Phi) is 6.99. The molecule has 0 saturated heterocycles. The fourth-order valence-electron chi connectivity index (χ4n) is 4.27. The van der Waals surface area contributed by atoms with Crippen molar-refractivity contribution < 1.29 is 27.2 Å². The van der Waals surface area contributed by atoms with E-state index in [0.717, 1.165) is 12.1 Å². The number of benzene rings is 1. The van der Waals surface area contributed by atoms with Gasteiger partial charge in [-0.25, -0.2) is 22.4 Å². The normalized spacial score (nSPS) is 18.1. The van der Waals surface area contributed by atoms with Crippen LogP contribution in [-0.2, 0) is 19.5 Å². The van der Waals surface area contributed by atoms with Crippen LogP contribution < -0.4 is 10.6 Å². The van der Waals surface area contributed by atoms with E-state index >= 15 is 0 Å². The molecule has 4 rings (SSSR count). The fourth-order valence-corrected chi connectivity index (χ4v) is 4.43. The molecule has 34 heavy (non-hydrogen) atoms. The monoisotopic (exact) mass is 502 g/mol. The van der Waals surface area contributed by atoms with Gasteiger partial charge in [0, 0.05) is 51.1 Å². The lowest BCUT2D eigenvalue weighted by atomic mass is 10.0. The quantitative estimate of drug-likeness (QED) is 0.486. The maximum absolute atomic E-state index is 14.2. The van der Waals surface area contributed by atoms with Crippen LogP contribution in [0.25, 0.3) is 0 Å². The molecular formula is C21H23ClF4N6O2. The Morgan fingerprint density at radius 3 is 2.79 bits per heavy atom. The van der Waals surface area contributed by atoms with Crippen LogP contribution in [0.5, 0.6) is 0 Å². The smallest absolute Gasteiger partial charge is 0.322 e. The molecule has 0 spiro atoms. The summed E-state index contributed by atoms with van der Waals surface area (Å²) in [6.07, 6.45) is -2.09. The molecule has 13 heteroatoms. The lowest BCUT2D eigenvalue weighted by molar-refractivity contribution is 0.0776. The molecule has 184 valence electrons. The molecule has 0 bridgehead atoms. The molecule has 3 heterocycles. The third kappa shape index (κ3) is 4.83. The van der Waals surface area contributed by atoms with Crippen molar-refractivity contribution >= 4 is 29.2 Å². The van der Waals surface area contributed by atoms with Crippen LogP contribution in [0.15, 0.2) is 12.1 Å². The molecule has 2 aromatic rings. The van der Waals surface area contributed by atoms with Gasteiger partial charge in [0.15, 0.2) is 5.82 Å². The minimum atomic E-state index is -2.46. The van der Waals surface area contributed by atoms with Crippen LogP contribution in [-0.4, -0.2) is 71.2 Å². The van der Waals surface area contributed by atoms with Gasteiger partial charge in [0.25, 0.3) is 12.3 Å². The van der Waals surface area contributed by atoms with Crippen LogP contribution in [0.2, 0.25) is 5.02 Å². The molecule has 1 unspecified atom stereocenters. The second-order valence-electron chi connectivity index (χ2n) is 8.38. The van der Waals surface area contributed by atoms with Gasteiger partial charge in [-0.15, -0.1) is 0 Å². The zero-order valence-corrected chi connectivity index (χ0v) is 19.0. The Balaban J connectivity index is 1.52. The number of nitrogens with zero attached hydrogens (tertiary/aromatic N) is 4. The number of hydrogen-bond acceptors (Lipinski definition) is 4. The van der Waals surface area contributed by atoms with Crippen molar-refractivity contribution in [3.63, 3.8) is 0 Å². The summed E-state index contributed by atoms with van der Waals surface area (Å²) in [5, 5.41) is 8.95. The summed E-state index contributed by atoms with van der Waals surface area (Å²) in [5.41, 5.74) is 1.36. The first-order valence-electron chi connectivity index (χ1n) is 10.7. The van der Waals surface area contributed by atoms with E-state index in [4.69, 9.17) is 11.6 Å². The number of alkyl halides is 2. The highest BCUT2D eigenvalue weighted by molar-refractivity contribution is 6.31. The summed E-state index contributed by atoms with van der Waals surface area (Å²) in [6.45, 7) is 0.936. The second-order valence-corrected chi connectivity index (χ2v) is 8.76. The summed E-state index contributed by atoms with van der Waals surface area (Å²) in [7, 11) is 1.63. The molecule has 0 saturated carbocycles. The minimum Gasteiger partial charge on any atom is -0.340 e. The first-order chi connectivity index (χ1) is 16.2. The topological polar surface area (TPSA) is 82.5 Å². The average Bonchev–Trinajstić information content (AvgIpc) is 3.09.